The first-order chi connectivity index (χ1) is 6.73. The Labute approximate surface area is 85.1 Å². The molecule has 1 fully saturated rings. The van der Waals surface area contributed by atoms with Crippen molar-refractivity contribution < 1.29 is 4.74 Å². The molecule has 1 spiro atoms. The molecule has 0 unspecified atom stereocenters. The Morgan fingerprint density at radius 3 is 2.71 bits per heavy atom. The highest BCUT2D eigenvalue weighted by molar-refractivity contribution is 5.52. The maximum atomic E-state index is 5.77. The van der Waals surface area contributed by atoms with E-state index in [2.05, 4.69) is 32.0 Å². The predicted molar refractivity (Wildman–Crippen MR) is 56.9 cm³/mol. The molecule has 74 valence electrons. The molecule has 1 aliphatic carbocycles. The van der Waals surface area contributed by atoms with Gasteiger partial charge in [-0.1, -0.05) is 26.0 Å². The van der Waals surface area contributed by atoms with Crippen molar-refractivity contribution in [3.05, 3.63) is 29.3 Å². The van der Waals surface area contributed by atoms with E-state index in [1.54, 1.807) is 0 Å². The summed E-state index contributed by atoms with van der Waals surface area (Å²) >= 11 is 0. The smallest absolute Gasteiger partial charge is 0.123 e. The van der Waals surface area contributed by atoms with Crippen LogP contribution in [0.4, 0.5) is 0 Å². The second-order valence-corrected chi connectivity index (χ2v) is 4.94. The third kappa shape index (κ3) is 0.956. The molecule has 1 saturated carbocycles. The van der Waals surface area contributed by atoms with Crippen LogP contribution < -0.4 is 4.74 Å². The second kappa shape index (κ2) is 2.53. The fraction of sp³-hybridized carbons (Fsp3) is 0.538. The zero-order chi connectivity index (χ0) is 9.76. The highest BCUT2D eigenvalue weighted by Crippen LogP contribution is 2.57. The van der Waals surface area contributed by atoms with Gasteiger partial charge in [0.2, 0.25) is 0 Å². The highest BCUT2D eigenvalue weighted by Gasteiger charge is 2.51. The molecule has 2 aliphatic rings. The highest BCUT2D eigenvalue weighted by atomic mass is 16.5. The lowest BCUT2D eigenvalue weighted by atomic mass is 9.88. The summed E-state index contributed by atoms with van der Waals surface area (Å²) in [5.74, 6) is 1.76. The summed E-state index contributed by atoms with van der Waals surface area (Å²) in [5.41, 5.74) is 3.45. The summed E-state index contributed by atoms with van der Waals surface area (Å²) < 4.78 is 5.77. The average Bonchev–Trinajstić information content (AvgIpc) is 2.84. The zero-order valence-corrected chi connectivity index (χ0v) is 8.84. The van der Waals surface area contributed by atoms with Gasteiger partial charge in [0, 0.05) is 11.0 Å². The van der Waals surface area contributed by atoms with Crippen molar-refractivity contribution in [1.82, 2.24) is 0 Å². The summed E-state index contributed by atoms with van der Waals surface area (Å²) in [7, 11) is 0. The van der Waals surface area contributed by atoms with Crippen LogP contribution in [0.5, 0.6) is 5.75 Å². The Morgan fingerprint density at radius 2 is 2.07 bits per heavy atom. The van der Waals surface area contributed by atoms with Crippen molar-refractivity contribution >= 4 is 0 Å². The summed E-state index contributed by atoms with van der Waals surface area (Å²) in [6.07, 6.45) is 2.65. The Kier molecular flexibility index (Phi) is 1.51. The maximum Gasteiger partial charge on any atom is 0.123 e. The minimum Gasteiger partial charge on any atom is -0.492 e. The quantitative estimate of drug-likeness (QED) is 0.657. The van der Waals surface area contributed by atoms with Gasteiger partial charge in [-0.15, -0.1) is 0 Å². The predicted octanol–water partition coefficient (Wildman–Crippen LogP) is 3.23. The van der Waals surface area contributed by atoms with Crippen molar-refractivity contribution in [2.45, 2.75) is 38.0 Å². The third-order valence-electron chi connectivity index (χ3n) is 3.57. The van der Waals surface area contributed by atoms with E-state index >= 15 is 0 Å². The van der Waals surface area contributed by atoms with E-state index in [1.807, 2.05) is 0 Å². The lowest BCUT2D eigenvalue weighted by molar-refractivity contribution is 0.323. The first kappa shape index (κ1) is 8.34. The van der Waals surface area contributed by atoms with Gasteiger partial charge in [0.1, 0.15) is 5.75 Å². The van der Waals surface area contributed by atoms with Gasteiger partial charge < -0.3 is 4.74 Å². The Hall–Kier alpha value is -0.980. The molecule has 1 heteroatoms. The molecule has 0 radical (unpaired) electrons. The number of benzene rings is 1. The molecule has 0 atom stereocenters. The molecule has 14 heavy (non-hydrogen) atoms. The number of hydrogen-bond acceptors (Lipinski definition) is 1. The summed E-state index contributed by atoms with van der Waals surface area (Å²) in [6, 6.07) is 6.50. The van der Waals surface area contributed by atoms with Crippen molar-refractivity contribution in [3.8, 4) is 5.75 Å². The van der Waals surface area contributed by atoms with Crippen LogP contribution in [0.1, 0.15) is 43.7 Å². The average molecular weight is 188 g/mol. The molecule has 1 heterocycles. The molecule has 0 bridgehead atoms. The van der Waals surface area contributed by atoms with Crippen LogP contribution in [0.25, 0.3) is 0 Å². The first-order valence-corrected chi connectivity index (χ1v) is 5.49. The number of hydrogen-bond donors (Lipinski definition) is 0. The van der Waals surface area contributed by atoms with Crippen molar-refractivity contribution in [1.29, 1.82) is 0 Å². The molecule has 0 N–H and O–H groups in total. The van der Waals surface area contributed by atoms with Gasteiger partial charge in [-0.25, -0.2) is 0 Å². The Balaban J connectivity index is 2.19. The van der Waals surface area contributed by atoms with Gasteiger partial charge in [0.05, 0.1) is 6.61 Å². The first-order valence-electron chi connectivity index (χ1n) is 5.49. The van der Waals surface area contributed by atoms with Gasteiger partial charge >= 0.3 is 0 Å². The molecule has 1 nitrogen and oxygen atoms in total. The van der Waals surface area contributed by atoms with Gasteiger partial charge in [0.25, 0.3) is 0 Å². The molecular formula is C13H16O. The minimum absolute atomic E-state index is 0.427. The fourth-order valence-electron chi connectivity index (χ4n) is 2.55. The van der Waals surface area contributed by atoms with Gasteiger partial charge in [-0.2, -0.15) is 0 Å². The minimum atomic E-state index is 0.427. The summed E-state index contributed by atoms with van der Waals surface area (Å²) in [6.45, 7) is 5.46. The largest absolute Gasteiger partial charge is 0.492 e. The monoisotopic (exact) mass is 188 g/mol. The standard InChI is InChI=1S/C13H16O/c1-9(2)10-4-3-5-11-12(10)13(6-7-13)8-14-11/h3-5,9H,6-8H2,1-2H3. The number of ether oxygens (including phenoxy) is 1. The van der Waals surface area contributed by atoms with Crippen LogP contribution >= 0.6 is 0 Å². The van der Waals surface area contributed by atoms with E-state index in [4.69, 9.17) is 4.74 Å². The van der Waals surface area contributed by atoms with Gasteiger partial charge in [-0.05, 0) is 30.4 Å². The van der Waals surface area contributed by atoms with Crippen LogP contribution in [-0.4, -0.2) is 6.61 Å². The summed E-state index contributed by atoms with van der Waals surface area (Å²) in [5, 5.41) is 0. The van der Waals surface area contributed by atoms with Crippen molar-refractivity contribution in [2.24, 2.45) is 0 Å². The second-order valence-electron chi connectivity index (χ2n) is 4.94. The van der Waals surface area contributed by atoms with E-state index in [9.17, 15) is 0 Å². The molecule has 1 aromatic rings. The van der Waals surface area contributed by atoms with Gasteiger partial charge in [0.15, 0.2) is 0 Å². The van der Waals surface area contributed by atoms with E-state index in [0.29, 0.717) is 11.3 Å². The fourth-order valence-corrected chi connectivity index (χ4v) is 2.55. The maximum absolute atomic E-state index is 5.77. The normalized spacial score (nSPS) is 21.1. The van der Waals surface area contributed by atoms with E-state index in [0.717, 1.165) is 12.4 Å². The van der Waals surface area contributed by atoms with E-state index in [-0.39, 0.29) is 0 Å². The van der Waals surface area contributed by atoms with Crippen LogP contribution in [-0.2, 0) is 5.41 Å². The number of fused-ring (bicyclic) bond motifs is 2. The van der Waals surface area contributed by atoms with Crippen LogP contribution in [0.3, 0.4) is 0 Å². The van der Waals surface area contributed by atoms with Crippen LogP contribution in [0, 0.1) is 0 Å². The van der Waals surface area contributed by atoms with Crippen LogP contribution in [0.15, 0.2) is 18.2 Å². The molecule has 1 aromatic carbocycles. The van der Waals surface area contributed by atoms with Crippen molar-refractivity contribution in [3.63, 3.8) is 0 Å². The summed E-state index contributed by atoms with van der Waals surface area (Å²) in [4.78, 5) is 0. The Bertz CT molecular complexity index is 375. The van der Waals surface area contributed by atoms with E-state index < -0.39 is 0 Å². The lowest BCUT2D eigenvalue weighted by Crippen LogP contribution is -2.10. The topological polar surface area (TPSA) is 9.23 Å². The molecule has 1 aliphatic heterocycles. The van der Waals surface area contributed by atoms with Crippen LogP contribution in [0.2, 0.25) is 0 Å². The molecular weight excluding hydrogens is 172 g/mol. The molecule has 3 rings (SSSR count). The number of rotatable bonds is 1. The third-order valence-corrected chi connectivity index (χ3v) is 3.57. The molecule has 0 saturated heterocycles. The molecule has 0 aromatic heterocycles. The SMILES string of the molecule is CC(C)c1cccc2c1C1(CC1)CO2. The lowest BCUT2D eigenvalue weighted by Gasteiger charge is -2.14. The van der Waals surface area contributed by atoms with Gasteiger partial charge in [-0.3, -0.25) is 0 Å². The Morgan fingerprint density at radius 1 is 1.29 bits per heavy atom. The van der Waals surface area contributed by atoms with E-state index in [1.165, 1.54) is 24.0 Å². The van der Waals surface area contributed by atoms with Crippen molar-refractivity contribution in [2.75, 3.05) is 6.61 Å². The molecule has 0 amide bonds. The zero-order valence-electron chi connectivity index (χ0n) is 8.84.